The van der Waals surface area contributed by atoms with Crippen molar-refractivity contribution in [1.82, 2.24) is 4.57 Å². The lowest BCUT2D eigenvalue weighted by atomic mass is 9.96. The van der Waals surface area contributed by atoms with E-state index in [9.17, 15) is 9.59 Å². The third-order valence-corrected chi connectivity index (χ3v) is 7.68. The molecule has 2 heterocycles. The van der Waals surface area contributed by atoms with Gasteiger partial charge in [-0.3, -0.25) is 9.36 Å². The lowest BCUT2D eigenvalue weighted by Gasteiger charge is -2.22. The molecule has 8 nitrogen and oxygen atoms in total. The van der Waals surface area contributed by atoms with Gasteiger partial charge in [-0.15, -0.1) is 0 Å². The molecule has 0 radical (unpaired) electrons. The van der Waals surface area contributed by atoms with Crippen LogP contribution in [0.4, 0.5) is 0 Å². The van der Waals surface area contributed by atoms with Crippen molar-refractivity contribution in [2.75, 3.05) is 20.8 Å². The van der Waals surface area contributed by atoms with Gasteiger partial charge in [0.1, 0.15) is 18.4 Å². The van der Waals surface area contributed by atoms with Crippen LogP contribution in [0, 0.1) is 0 Å². The zero-order chi connectivity index (χ0) is 28.9. The number of thiazole rings is 1. The monoisotopic (exact) mass is 570 g/mol. The molecule has 0 saturated carbocycles. The van der Waals surface area contributed by atoms with E-state index in [1.165, 1.54) is 15.9 Å². The predicted molar refractivity (Wildman–Crippen MR) is 158 cm³/mol. The van der Waals surface area contributed by atoms with E-state index in [-0.39, 0.29) is 12.2 Å². The van der Waals surface area contributed by atoms with E-state index in [1.54, 1.807) is 34.1 Å². The van der Waals surface area contributed by atoms with Crippen LogP contribution in [0.1, 0.15) is 36.6 Å². The maximum atomic E-state index is 13.6. The molecule has 0 amide bonds. The first-order valence-electron chi connectivity index (χ1n) is 13.1. The molecule has 210 valence electrons. The molecule has 0 unspecified atom stereocenters. The maximum Gasteiger partial charge on any atom is 0.338 e. The van der Waals surface area contributed by atoms with E-state index < -0.39 is 12.0 Å². The molecule has 0 N–H and O–H groups in total. The number of rotatable bonds is 9. The van der Waals surface area contributed by atoms with Gasteiger partial charge in [0, 0.05) is 5.70 Å². The molecule has 0 aliphatic carbocycles. The molecule has 41 heavy (non-hydrogen) atoms. The Hall–Kier alpha value is -4.63. The van der Waals surface area contributed by atoms with Crippen molar-refractivity contribution in [3.05, 3.63) is 115 Å². The van der Waals surface area contributed by atoms with E-state index in [0.717, 1.165) is 16.7 Å². The number of carbonyl (C=O) groups excluding carboxylic acids is 1. The van der Waals surface area contributed by atoms with Gasteiger partial charge in [-0.05, 0) is 60.9 Å². The zero-order valence-electron chi connectivity index (χ0n) is 23.2. The number of ether oxygens (including phenoxy) is 4. The van der Waals surface area contributed by atoms with Crippen molar-refractivity contribution in [3.8, 4) is 17.2 Å². The molecule has 9 heteroatoms. The van der Waals surface area contributed by atoms with Crippen LogP contribution in [-0.2, 0) is 16.1 Å². The molecule has 1 aliphatic rings. The molecule has 0 spiro atoms. The van der Waals surface area contributed by atoms with Gasteiger partial charge < -0.3 is 18.9 Å². The third-order valence-electron chi connectivity index (χ3n) is 6.69. The number of allylic oxidation sites excluding steroid dienone is 1. The number of hydrogen-bond donors (Lipinski definition) is 0. The molecular weight excluding hydrogens is 540 g/mol. The Morgan fingerprint density at radius 1 is 1.00 bits per heavy atom. The standard InChI is InChI=1S/C32H30N2O6S/c1-5-39-31(36)28-20(2)34-30(35)27(41-32(34)33-29(28)23-12-14-24(37-3)15-13-23)18-22-11-16-25(26(17-22)38-4)40-19-21-9-7-6-8-10-21/h6-18,29H,5,19H2,1-4H3/b27-18-/t29-/m0/s1. The first kappa shape index (κ1) is 27.9. The molecule has 4 aromatic rings. The van der Waals surface area contributed by atoms with Gasteiger partial charge in [0.15, 0.2) is 16.3 Å². The average molecular weight is 571 g/mol. The highest BCUT2D eigenvalue weighted by Gasteiger charge is 2.31. The topological polar surface area (TPSA) is 88.3 Å². The first-order chi connectivity index (χ1) is 19.9. The summed E-state index contributed by atoms with van der Waals surface area (Å²) in [6.07, 6.45) is 1.79. The minimum Gasteiger partial charge on any atom is -0.497 e. The molecule has 1 aromatic heterocycles. The Morgan fingerprint density at radius 3 is 2.44 bits per heavy atom. The number of methoxy groups -OCH3 is 2. The summed E-state index contributed by atoms with van der Waals surface area (Å²) in [6, 6.07) is 22.1. The largest absolute Gasteiger partial charge is 0.497 e. The van der Waals surface area contributed by atoms with E-state index in [0.29, 0.717) is 44.5 Å². The highest BCUT2D eigenvalue weighted by molar-refractivity contribution is 7.07. The number of nitrogens with zero attached hydrogens (tertiary/aromatic N) is 2. The third kappa shape index (κ3) is 5.81. The number of esters is 1. The highest BCUT2D eigenvalue weighted by Crippen LogP contribution is 2.33. The molecule has 0 saturated heterocycles. The number of aromatic nitrogens is 1. The lowest BCUT2D eigenvalue weighted by Crippen LogP contribution is -2.35. The van der Waals surface area contributed by atoms with Crippen LogP contribution in [0.25, 0.3) is 11.8 Å². The summed E-state index contributed by atoms with van der Waals surface area (Å²) < 4.78 is 24.1. The molecule has 0 bridgehead atoms. The summed E-state index contributed by atoms with van der Waals surface area (Å²) in [4.78, 5) is 32.0. The van der Waals surface area contributed by atoms with Crippen LogP contribution < -0.4 is 29.1 Å². The minimum absolute atomic E-state index is 0.211. The normalized spacial score (nSPS) is 14.7. The second-order valence-electron chi connectivity index (χ2n) is 9.24. The van der Waals surface area contributed by atoms with Gasteiger partial charge in [-0.1, -0.05) is 59.9 Å². The van der Waals surface area contributed by atoms with Crippen LogP contribution in [0.5, 0.6) is 17.2 Å². The van der Waals surface area contributed by atoms with Gasteiger partial charge >= 0.3 is 5.97 Å². The van der Waals surface area contributed by atoms with Crippen molar-refractivity contribution < 1.29 is 23.7 Å². The van der Waals surface area contributed by atoms with Gasteiger partial charge in [-0.2, -0.15) is 0 Å². The Bertz CT molecular complexity index is 1770. The molecule has 1 atom stereocenters. The number of benzene rings is 3. The van der Waals surface area contributed by atoms with Crippen molar-refractivity contribution in [2.45, 2.75) is 26.5 Å². The molecular formula is C32H30N2O6S. The molecule has 5 rings (SSSR count). The van der Waals surface area contributed by atoms with E-state index in [4.69, 9.17) is 23.9 Å². The lowest BCUT2D eigenvalue weighted by molar-refractivity contribution is -0.138. The van der Waals surface area contributed by atoms with Crippen LogP contribution in [0.3, 0.4) is 0 Å². The second-order valence-corrected chi connectivity index (χ2v) is 10.3. The van der Waals surface area contributed by atoms with Crippen molar-refractivity contribution in [2.24, 2.45) is 4.99 Å². The van der Waals surface area contributed by atoms with E-state index in [2.05, 4.69) is 0 Å². The fraction of sp³-hybridized carbons (Fsp3) is 0.219. The smallest absolute Gasteiger partial charge is 0.338 e. The van der Waals surface area contributed by atoms with Gasteiger partial charge in [0.25, 0.3) is 5.56 Å². The van der Waals surface area contributed by atoms with E-state index in [1.807, 2.05) is 72.8 Å². The van der Waals surface area contributed by atoms with Crippen molar-refractivity contribution in [1.29, 1.82) is 0 Å². The fourth-order valence-corrected chi connectivity index (χ4v) is 5.66. The van der Waals surface area contributed by atoms with Crippen molar-refractivity contribution in [3.63, 3.8) is 0 Å². The van der Waals surface area contributed by atoms with Gasteiger partial charge in [-0.25, -0.2) is 9.79 Å². The second kappa shape index (κ2) is 12.3. The van der Waals surface area contributed by atoms with Crippen LogP contribution in [0.15, 0.2) is 88.2 Å². The molecule has 0 fully saturated rings. The fourth-order valence-electron chi connectivity index (χ4n) is 4.62. The van der Waals surface area contributed by atoms with Crippen LogP contribution in [0.2, 0.25) is 0 Å². The predicted octanol–water partition coefficient (Wildman–Crippen LogP) is 4.50. The molecule has 1 aliphatic heterocycles. The van der Waals surface area contributed by atoms with Crippen LogP contribution >= 0.6 is 11.3 Å². The summed E-state index contributed by atoms with van der Waals surface area (Å²) in [5.41, 5.74) is 3.18. The zero-order valence-corrected chi connectivity index (χ0v) is 24.1. The van der Waals surface area contributed by atoms with Gasteiger partial charge in [0.05, 0.1) is 30.9 Å². The summed E-state index contributed by atoms with van der Waals surface area (Å²) in [7, 11) is 3.17. The summed E-state index contributed by atoms with van der Waals surface area (Å²) in [5.74, 6) is 1.35. The first-order valence-corrected chi connectivity index (χ1v) is 13.9. The molecule has 3 aromatic carbocycles. The van der Waals surface area contributed by atoms with E-state index >= 15 is 0 Å². The summed E-state index contributed by atoms with van der Waals surface area (Å²) in [5, 5.41) is 0. The number of carbonyl (C=O) groups is 1. The van der Waals surface area contributed by atoms with Crippen molar-refractivity contribution >= 4 is 29.1 Å². The maximum absolute atomic E-state index is 13.6. The Morgan fingerprint density at radius 2 is 1.76 bits per heavy atom. The van der Waals surface area contributed by atoms with Crippen LogP contribution in [-0.4, -0.2) is 31.4 Å². The quantitative estimate of drug-likeness (QED) is 0.275. The average Bonchev–Trinajstić information content (AvgIpc) is 3.31. The number of hydrogen-bond acceptors (Lipinski definition) is 8. The Labute approximate surface area is 241 Å². The summed E-state index contributed by atoms with van der Waals surface area (Å²) in [6.45, 7) is 4.12. The Kier molecular flexibility index (Phi) is 8.35. The van der Waals surface area contributed by atoms with Gasteiger partial charge in [0.2, 0.25) is 0 Å². The summed E-state index contributed by atoms with van der Waals surface area (Å²) >= 11 is 1.26. The minimum atomic E-state index is -0.619. The Balaban J connectivity index is 1.54. The number of fused-ring (bicyclic) bond motifs is 1. The highest BCUT2D eigenvalue weighted by atomic mass is 32.1. The SMILES string of the molecule is CCOC(=O)C1=C(C)n2c(s/c(=C\c3ccc(OCc4ccccc4)c(OC)c3)c2=O)=N[C@H]1c1ccc(OC)cc1.